The zero-order valence-corrected chi connectivity index (χ0v) is 20.5. The van der Waals surface area contributed by atoms with Crippen LogP contribution in [0.2, 0.25) is 5.02 Å². The first kappa shape index (κ1) is 22.4. The van der Waals surface area contributed by atoms with Crippen LogP contribution in [0, 0.1) is 0 Å². The summed E-state index contributed by atoms with van der Waals surface area (Å²) in [5, 5.41) is 6.97. The molecule has 0 radical (unpaired) electrons. The standard InChI is InChI=1S/C27H24ClN5O3/c1-14-5-3-6-15-13-30-27(34)21-22(15)33-24(25(21)31-19-8-4-7-17(28)26(19)35-2)16-11-12-29-18-9-10-20(36-14)32-23(16)18/h3-5,7-12,14-15,31,33H,6,13H2,1-2H3,(H,30,34)/b5-3-/t14-,15-/m0/s1. The zero-order valence-electron chi connectivity index (χ0n) is 19.8. The molecular formula is C27H24ClN5O3. The molecule has 8 nitrogen and oxygen atoms in total. The zero-order chi connectivity index (χ0) is 24.8. The molecule has 0 spiro atoms. The van der Waals surface area contributed by atoms with E-state index in [0.717, 1.165) is 28.9 Å². The summed E-state index contributed by atoms with van der Waals surface area (Å²) in [5.74, 6) is 0.915. The Morgan fingerprint density at radius 2 is 2.11 bits per heavy atom. The molecule has 0 saturated heterocycles. The number of pyridine rings is 2. The number of methoxy groups -OCH3 is 1. The van der Waals surface area contributed by atoms with Crippen molar-refractivity contribution in [3.63, 3.8) is 0 Å². The van der Waals surface area contributed by atoms with Gasteiger partial charge in [0.05, 0.1) is 40.3 Å². The summed E-state index contributed by atoms with van der Waals surface area (Å²) in [7, 11) is 1.57. The third-order valence-electron chi connectivity index (χ3n) is 6.57. The number of rotatable bonds is 3. The lowest BCUT2D eigenvalue weighted by atomic mass is 9.93. The van der Waals surface area contributed by atoms with Gasteiger partial charge in [0.1, 0.15) is 11.6 Å². The van der Waals surface area contributed by atoms with Crippen molar-refractivity contribution in [1.29, 1.82) is 0 Å². The van der Waals surface area contributed by atoms with Crippen LogP contribution in [0.3, 0.4) is 0 Å². The molecule has 1 aromatic carbocycles. The average molecular weight is 502 g/mol. The van der Waals surface area contributed by atoms with Crippen LogP contribution in [-0.4, -0.2) is 40.6 Å². The number of anilines is 2. The summed E-state index contributed by atoms with van der Waals surface area (Å²) in [6.07, 6.45) is 6.43. The maximum absolute atomic E-state index is 13.3. The summed E-state index contributed by atoms with van der Waals surface area (Å²) in [6.45, 7) is 2.51. The van der Waals surface area contributed by atoms with Crippen molar-refractivity contribution in [1.82, 2.24) is 20.3 Å². The summed E-state index contributed by atoms with van der Waals surface area (Å²) in [6, 6.07) is 11.1. The van der Waals surface area contributed by atoms with Gasteiger partial charge in [-0.1, -0.05) is 23.7 Å². The van der Waals surface area contributed by atoms with Crippen LogP contribution >= 0.6 is 11.6 Å². The first-order chi connectivity index (χ1) is 17.5. The maximum atomic E-state index is 13.3. The number of para-hydroxylation sites is 1. The van der Waals surface area contributed by atoms with E-state index in [9.17, 15) is 4.79 Å². The second kappa shape index (κ2) is 8.87. The van der Waals surface area contributed by atoms with Crippen molar-refractivity contribution >= 4 is 39.9 Å². The number of hydrogen-bond donors (Lipinski definition) is 3. The molecule has 1 amide bonds. The van der Waals surface area contributed by atoms with Gasteiger partial charge in [-0.15, -0.1) is 0 Å². The van der Waals surface area contributed by atoms with Gasteiger partial charge in [0.25, 0.3) is 5.91 Å². The lowest BCUT2D eigenvalue weighted by Gasteiger charge is -2.23. The van der Waals surface area contributed by atoms with Gasteiger partial charge in [0.15, 0.2) is 5.75 Å². The molecule has 4 aromatic rings. The molecule has 0 fully saturated rings. The molecule has 0 aliphatic carbocycles. The summed E-state index contributed by atoms with van der Waals surface area (Å²) in [4.78, 5) is 26.1. The van der Waals surface area contributed by atoms with Crippen LogP contribution < -0.4 is 20.1 Å². The Hall–Kier alpha value is -4.04. The van der Waals surface area contributed by atoms with Crippen LogP contribution in [0.4, 0.5) is 11.4 Å². The highest BCUT2D eigenvalue weighted by atomic mass is 35.5. The Kier molecular flexibility index (Phi) is 5.53. The number of carbonyl (C=O) groups is 1. The number of H-pyrrole nitrogens is 1. The maximum Gasteiger partial charge on any atom is 0.255 e. The Balaban J connectivity index is 1.64. The predicted octanol–water partition coefficient (Wildman–Crippen LogP) is 5.58. The highest BCUT2D eigenvalue weighted by Gasteiger charge is 2.33. The quantitative estimate of drug-likeness (QED) is 0.316. The number of amides is 1. The third-order valence-corrected chi connectivity index (χ3v) is 6.86. The van der Waals surface area contributed by atoms with Crippen molar-refractivity contribution in [2.24, 2.45) is 0 Å². The van der Waals surface area contributed by atoms with E-state index in [-0.39, 0.29) is 17.9 Å². The smallest absolute Gasteiger partial charge is 0.255 e. The molecule has 9 heteroatoms. The van der Waals surface area contributed by atoms with Crippen LogP contribution in [0.1, 0.15) is 35.3 Å². The number of aromatic nitrogens is 3. The first-order valence-corrected chi connectivity index (χ1v) is 12.1. The molecule has 2 aliphatic heterocycles. The number of aromatic amines is 1. The topological polar surface area (TPSA) is 101 Å². The van der Waals surface area contributed by atoms with Gasteiger partial charge < -0.3 is 25.1 Å². The fourth-order valence-corrected chi connectivity index (χ4v) is 5.14. The minimum Gasteiger partial charge on any atom is -0.493 e. The summed E-state index contributed by atoms with van der Waals surface area (Å²) in [5.41, 5.74) is 5.64. The van der Waals surface area contributed by atoms with E-state index in [1.807, 2.05) is 43.3 Å². The van der Waals surface area contributed by atoms with Gasteiger partial charge in [-0.2, -0.15) is 0 Å². The van der Waals surface area contributed by atoms with E-state index in [1.54, 1.807) is 19.4 Å². The van der Waals surface area contributed by atoms with Gasteiger partial charge in [0.2, 0.25) is 5.88 Å². The van der Waals surface area contributed by atoms with Gasteiger partial charge in [0, 0.05) is 36.0 Å². The Morgan fingerprint density at radius 1 is 1.22 bits per heavy atom. The minimum atomic E-state index is -0.153. The molecule has 2 atom stereocenters. The van der Waals surface area contributed by atoms with Gasteiger partial charge >= 0.3 is 0 Å². The number of nitrogens with zero attached hydrogens (tertiary/aromatic N) is 2. The number of nitrogens with one attached hydrogen (secondary N) is 3. The lowest BCUT2D eigenvalue weighted by Crippen LogP contribution is -2.34. The van der Waals surface area contributed by atoms with E-state index in [4.69, 9.17) is 26.1 Å². The van der Waals surface area contributed by atoms with Crippen molar-refractivity contribution in [3.8, 4) is 22.9 Å². The van der Waals surface area contributed by atoms with Crippen molar-refractivity contribution in [3.05, 3.63) is 71.0 Å². The molecule has 4 bridgehead atoms. The van der Waals surface area contributed by atoms with Gasteiger partial charge in [-0.25, -0.2) is 4.98 Å². The Morgan fingerprint density at radius 3 is 2.97 bits per heavy atom. The minimum absolute atomic E-state index is 0.0610. The molecule has 36 heavy (non-hydrogen) atoms. The molecule has 5 heterocycles. The number of allylic oxidation sites excluding steroid dienone is 1. The Labute approximate surface area is 212 Å². The van der Waals surface area contributed by atoms with Crippen molar-refractivity contribution < 1.29 is 14.3 Å². The van der Waals surface area contributed by atoms with E-state index in [2.05, 4.69) is 26.7 Å². The molecule has 6 rings (SSSR count). The number of carbonyl (C=O) groups excluding carboxylic acids is 1. The summed E-state index contributed by atoms with van der Waals surface area (Å²) >= 11 is 6.40. The van der Waals surface area contributed by atoms with E-state index >= 15 is 0 Å². The number of fused-ring (bicyclic) bond motifs is 3. The van der Waals surface area contributed by atoms with Crippen LogP contribution in [0.25, 0.3) is 22.3 Å². The van der Waals surface area contributed by atoms with Crippen LogP contribution in [0.5, 0.6) is 11.6 Å². The molecule has 3 aromatic heterocycles. The first-order valence-electron chi connectivity index (χ1n) is 11.8. The lowest BCUT2D eigenvalue weighted by molar-refractivity contribution is 0.0941. The van der Waals surface area contributed by atoms with Crippen molar-refractivity contribution in [2.75, 3.05) is 19.0 Å². The third kappa shape index (κ3) is 3.74. The van der Waals surface area contributed by atoms with Gasteiger partial charge in [-0.3, -0.25) is 9.78 Å². The number of halogens is 1. The van der Waals surface area contributed by atoms with Crippen LogP contribution in [0.15, 0.2) is 54.7 Å². The second-order valence-electron chi connectivity index (χ2n) is 8.88. The highest BCUT2D eigenvalue weighted by molar-refractivity contribution is 6.32. The predicted molar refractivity (Wildman–Crippen MR) is 140 cm³/mol. The number of ether oxygens (including phenoxy) is 2. The normalized spacial score (nSPS) is 19.5. The fraction of sp³-hybridized carbons (Fsp3) is 0.222. The van der Waals surface area contributed by atoms with Gasteiger partial charge in [-0.05, 0) is 43.7 Å². The Bertz CT molecular complexity index is 1530. The molecular weight excluding hydrogens is 478 g/mol. The molecule has 182 valence electrons. The molecule has 2 aliphatic rings. The average Bonchev–Trinajstić information content (AvgIpc) is 3.25. The number of hydrogen-bond acceptors (Lipinski definition) is 6. The second-order valence-corrected chi connectivity index (χ2v) is 9.29. The SMILES string of the molecule is COc1c(Cl)cccc1Nc1c2[nH]c3c1C(=O)NC[C@@H]3C/C=C\[C@H](C)Oc1ccc3nccc-2c3n1. The molecule has 0 saturated carbocycles. The highest BCUT2D eigenvalue weighted by Crippen LogP contribution is 2.44. The number of benzene rings is 1. The fourth-order valence-electron chi connectivity index (χ4n) is 4.88. The van der Waals surface area contributed by atoms with E-state index in [0.29, 0.717) is 45.7 Å². The van der Waals surface area contributed by atoms with E-state index in [1.165, 1.54) is 0 Å². The largest absolute Gasteiger partial charge is 0.493 e. The monoisotopic (exact) mass is 501 g/mol. The van der Waals surface area contributed by atoms with E-state index < -0.39 is 0 Å². The summed E-state index contributed by atoms with van der Waals surface area (Å²) < 4.78 is 11.6. The van der Waals surface area contributed by atoms with Crippen LogP contribution in [-0.2, 0) is 0 Å². The molecule has 0 unspecified atom stereocenters. The van der Waals surface area contributed by atoms with Crippen molar-refractivity contribution in [2.45, 2.75) is 25.4 Å². The molecule has 3 N–H and O–H groups in total.